The Bertz CT molecular complexity index is 275. The van der Waals surface area contributed by atoms with Gasteiger partial charge in [0.15, 0.2) is 0 Å². The lowest BCUT2D eigenvalue weighted by Crippen LogP contribution is -2.47. The summed E-state index contributed by atoms with van der Waals surface area (Å²) in [6, 6.07) is -0.573. The van der Waals surface area contributed by atoms with Crippen molar-refractivity contribution >= 4 is 12.0 Å². The average molecular weight is 289 g/mol. The molecule has 6 heteroatoms. The Morgan fingerprint density at radius 3 is 2.15 bits per heavy atom. The van der Waals surface area contributed by atoms with Crippen molar-refractivity contribution in [3.05, 3.63) is 0 Å². The van der Waals surface area contributed by atoms with Crippen LogP contribution in [0.2, 0.25) is 0 Å². The summed E-state index contributed by atoms with van der Waals surface area (Å²) in [4.78, 5) is 23.2. The van der Waals surface area contributed by atoms with E-state index < -0.39 is 17.7 Å². The largest absolute Gasteiger partial charge is 0.444 e. The highest BCUT2D eigenvalue weighted by atomic mass is 16.6. The van der Waals surface area contributed by atoms with Gasteiger partial charge in [-0.05, 0) is 46.6 Å². The maximum absolute atomic E-state index is 11.6. The van der Waals surface area contributed by atoms with Crippen molar-refractivity contribution in [1.82, 2.24) is 10.6 Å². The van der Waals surface area contributed by atoms with E-state index in [-0.39, 0.29) is 5.91 Å². The molecule has 20 heavy (non-hydrogen) atoms. The Morgan fingerprint density at radius 1 is 1.20 bits per heavy atom. The van der Waals surface area contributed by atoms with Crippen LogP contribution < -0.4 is 16.4 Å². The number of carbonyl (C=O) groups excluding carboxylic acids is 2. The van der Waals surface area contributed by atoms with E-state index in [0.29, 0.717) is 13.0 Å². The zero-order valence-electron chi connectivity index (χ0n) is 13.7. The molecule has 0 radical (unpaired) electrons. The van der Waals surface area contributed by atoms with E-state index in [0.717, 1.165) is 12.8 Å². The van der Waals surface area contributed by atoms with E-state index in [1.54, 1.807) is 20.8 Å². The maximum Gasteiger partial charge on any atom is 0.408 e. The molecule has 0 aliphatic carbocycles. The van der Waals surface area contributed by atoms with Crippen molar-refractivity contribution in [2.45, 2.75) is 65.5 Å². The van der Waals surface area contributed by atoms with E-state index >= 15 is 0 Å². The van der Waals surface area contributed by atoms with Crippen LogP contribution in [0.15, 0.2) is 0 Å². The minimum atomic E-state index is -0.580. The number of alkyl carbamates (subject to hydrolysis) is 1. The molecular formula is C14H31N3O3. The van der Waals surface area contributed by atoms with Gasteiger partial charge in [-0.1, -0.05) is 13.8 Å². The number of hydrogen-bond acceptors (Lipinski definition) is 4. The summed E-state index contributed by atoms with van der Waals surface area (Å²) in [5.74, 6) is -0.224. The van der Waals surface area contributed by atoms with Gasteiger partial charge in [-0.2, -0.15) is 0 Å². The summed E-state index contributed by atoms with van der Waals surface area (Å²) < 4.78 is 5.11. The Hall–Kier alpha value is -1.30. The average Bonchev–Trinajstić information content (AvgIpc) is 2.37. The SMILES string of the molecule is CC.CNC(=O)C(CCCCN)NC(=O)OC(C)(C)C. The van der Waals surface area contributed by atoms with Crippen molar-refractivity contribution in [1.29, 1.82) is 0 Å². The second-order valence-electron chi connectivity index (χ2n) is 5.10. The molecule has 120 valence electrons. The van der Waals surface area contributed by atoms with Crippen LogP contribution in [-0.2, 0) is 9.53 Å². The topological polar surface area (TPSA) is 93.5 Å². The van der Waals surface area contributed by atoms with Crippen LogP contribution in [0.3, 0.4) is 0 Å². The van der Waals surface area contributed by atoms with Gasteiger partial charge >= 0.3 is 6.09 Å². The van der Waals surface area contributed by atoms with Crippen molar-refractivity contribution < 1.29 is 14.3 Å². The molecule has 1 unspecified atom stereocenters. The molecule has 6 nitrogen and oxygen atoms in total. The van der Waals surface area contributed by atoms with Gasteiger partial charge in [0.05, 0.1) is 0 Å². The third-order valence-corrected chi connectivity index (χ3v) is 2.20. The Kier molecular flexibility index (Phi) is 12.1. The number of unbranched alkanes of at least 4 members (excludes halogenated alkanes) is 1. The number of ether oxygens (including phenoxy) is 1. The van der Waals surface area contributed by atoms with E-state index in [1.165, 1.54) is 7.05 Å². The molecule has 0 bridgehead atoms. The first kappa shape index (κ1) is 21.0. The lowest BCUT2D eigenvalue weighted by molar-refractivity contribution is -0.122. The molecule has 0 rings (SSSR count). The van der Waals surface area contributed by atoms with Crippen LogP contribution in [-0.4, -0.2) is 37.2 Å². The highest BCUT2D eigenvalue weighted by Crippen LogP contribution is 2.08. The van der Waals surface area contributed by atoms with Crippen molar-refractivity contribution in [3.63, 3.8) is 0 Å². The molecule has 0 spiro atoms. The number of amides is 2. The molecule has 0 aromatic carbocycles. The maximum atomic E-state index is 11.6. The van der Waals surface area contributed by atoms with Crippen LogP contribution in [0, 0.1) is 0 Å². The van der Waals surface area contributed by atoms with E-state index in [9.17, 15) is 9.59 Å². The van der Waals surface area contributed by atoms with Gasteiger partial charge in [0, 0.05) is 7.05 Å². The van der Waals surface area contributed by atoms with Crippen LogP contribution >= 0.6 is 0 Å². The van der Waals surface area contributed by atoms with Crippen LogP contribution in [0.4, 0.5) is 4.79 Å². The summed E-state index contributed by atoms with van der Waals surface area (Å²) in [6.45, 7) is 9.90. The van der Waals surface area contributed by atoms with Crippen LogP contribution in [0.5, 0.6) is 0 Å². The summed E-state index contributed by atoms with van der Waals surface area (Å²) in [7, 11) is 1.54. The molecule has 0 aromatic heterocycles. The number of nitrogens with two attached hydrogens (primary N) is 1. The molecule has 1 atom stereocenters. The number of carbonyl (C=O) groups is 2. The van der Waals surface area contributed by atoms with Crippen molar-refractivity contribution in [2.75, 3.05) is 13.6 Å². The first-order valence-electron chi connectivity index (χ1n) is 7.21. The fourth-order valence-corrected chi connectivity index (χ4v) is 1.39. The first-order chi connectivity index (χ1) is 9.30. The van der Waals surface area contributed by atoms with Gasteiger partial charge in [-0.3, -0.25) is 4.79 Å². The number of rotatable bonds is 6. The second kappa shape index (κ2) is 11.5. The predicted octanol–water partition coefficient (Wildman–Crippen LogP) is 1.78. The van der Waals surface area contributed by atoms with Gasteiger partial charge in [-0.15, -0.1) is 0 Å². The minimum Gasteiger partial charge on any atom is -0.444 e. The fourth-order valence-electron chi connectivity index (χ4n) is 1.39. The van der Waals surface area contributed by atoms with Gasteiger partial charge in [-0.25, -0.2) is 4.79 Å². The standard InChI is InChI=1S/C12H25N3O3.C2H6/c1-12(2,3)18-11(17)15-9(10(16)14-4)7-5-6-8-13;1-2/h9H,5-8,13H2,1-4H3,(H,14,16)(H,15,17);1-2H3. The Morgan fingerprint density at radius 2 is 1.75 bits per heavy atom. The molecule has 0 aromatic rings. The zero-order chi connectivity index (χ0) is 16.2. The number of hydrogen-bond donors (Lipinski definition) is 3. The third-order valence-electron chi connectivity index (χ3n) is 2.20. The molecule has 2 amide bonds. The Balaban J connectivity index is 0. The highest BCUT2D eigenvalue weighted by molar-refractivity contribution is 5.85. The first-order valence-corrected chi connectivity index (χ1v) is 7.21. The van der Waals surface area contributed by atoms with Crippen molar-refractivity contribution in [3.8, 4) is 0 Å². The summed E-state index contributed by atoms with van der Waals surface area (Å²) in [5.41, 5.74) is 4.82. The minimum absolute atomic E-state index is 0.224. The van der Waals surface area contributed by atoms with Crippen LogP contribution in [0.1, 0.15) is 53.9 Å². The Labute approximate surface area is 122 Å². The summed E-state index contributed by atoms with van der Waals surface area (Å²) in [6.07, 6.45) is 1.58. The normalized spacial score (nSPS) is 11.8. The smallest absolute Gasteiger partial charge is 0.408 e. The predicted molar refractivity (Wildman–Crippen MR) is 81.5 cm³/mol. The molecule has 0 fully saturated rings. The highest BCUT2D eigenvalue weighted by Gasteiger charge is 2.23. The molecular weight excluding hydrogens is 258 g/mol. The van der Waals surface area contributed by atoms with E-state index in [4.69, 9.17) is 10.5 Å². The van der Waals surface area contributed by atoms with Gasteiger partial charge in [0.25, 0.3) is 0 Å². The number of nitrogens with one attached hydrogen (secondary N) is 2. The van der Waals surface area contributed by atoms with Gasteiger partial charge < -0.3 is 21.1 Å². The second-order valence-corrected chi connectivity index (χ2v) is 5.10. The summed E-state index contributed by atoms with van der Waals surface area (Å²) >= 11 is 0. The molecule has 0 aliphatic heterocycles. The monoisotopic (exact) mass is 289 g/mol. The van der Waals surface area contributed by atoms with E-state index in [2.05, 4.69) is 10.6 Å². The summed E-state index contributed by atoms with van der Waals surface area (Å²) in [5, 5.41) is 5.09. The fraction of sp³-hybridized carbons (Fsp3) is 0.857. The lowest BCUT2D eigenvalue weighted by atomic mass is 10.1. The van der Waals surface area contributed by atoms with Gasteiger partial charge in [0.2, 0.25) is 5.91 Å². The zero-order valence-corrected chi connectivity index (χ0v) is 13.7. The third kappa shape index (κ3) is 11.8. The lowest BCUT2D eigenvalue weighted by Gasteiger charge is -2.23. The van der Waals surface area contributed by atoms with Crippen LogP contribution in [0.25, 0.3) is 0 Å². The molecule has 0 saturated heterocycles. The van der Waals surface area contributed by atoms with Gasteiger partial charge in [0.1, 0.15) is 11.6 Å². The number of likely N-dealkylation sites (N-methyl/N-ethyl adjacent to an activating group) is 1. The molecule has 0 aliphatic rings. The van der Waals surface area contributed by atoms with Crippen molar-refractivity contribution in [2.24, 2.45) is 5.73 Å². The molecule has 0 saturated carbocycles. The quantitative estimate of drug-likeness (QED) is 0.650. The molecule has 4 N–H and O–H groups in total. The molecule has 0 heterocycles. The van der Waals surface area contributed by atoms with E-state index in [1.807, 2.05) is 13.8 Å².